The second kappa shape index (κ2) is 5.45. The molecule has 23 heavy (non-hydrogen) atoms. The number of likely N-dealkylation sites (tertiary alicyclic amines) is 1. The van der Waals surface area contributed by atoms with Gasteiger partial charge in [-0.3, -0.25) is 4.79 Å². The largest absolute Gasteiger partial charge is 0.438 e. The highest BCUT2D eigenvalue weighted by Crippen LogP contribution is 2.34. The van der Waals surface area contributed by atoms with Crippen LogP contribution in [0.5, 0.6) is 0 Å². The van der Waals surface area contributed by atoms with Gasteiger partial charge in [-0.2, -0.15) is 4.98 Å². The summed E-state index contributed by atoms with van der Waals surface area (Å²) in [5, 5.41) is 3.79. The molecule has 0 saturated carbocycles. The van der Waals surface area contributed by atoms with E-state index in [2.05, 4.69) is 15.1 Å². The molecular weight excluding hydrogens is 300 g/mol. The molecule has 0 unspecified atom stereocenters. The van der Waals surface area contributed by atoms with Crippen molar-refractivity contribution in [2.45, 2.75) is 38.9 Å². The van der Waals surface area contributed by atoms with Crippen molar-refractivity contribution in [2.24, 2.45) is 5.92 Å². The van der Waals surface area contributed by atoms with Crippen LogP contribution in [0.1, 0.15) is 34.4 Å². The Morgan fingerprint density at radius 1 is 1.39 bits per heavy atom. The highest BCUT2D eigenvalue weighted by Gasteiger charge is 2.44. The van der Waals surface area contributed by atoms with Crippen LogP contribution < -0.4 is 0 Å². The molecule has 0 aliphatic carbocycles. The molecule has 4 heterocycles. The summed E-state index contributed by atoms with van der Waals surface area (Å²) >= 11 is 0. The summed E-state index contributed by atoms with van der Waals surface area (Å²) in [6.07, 6.45) is 2.97. The molecule has 1 amide bonds. The van der Waals surface area contributed by atoms with Crippen molar-refractivity contribution in [2.75, 3.05) is 13.1 Å². The minimum absolute atomic E-state index is 0.0659. The van der Waals surface area contributed by atoms with Gasteiger partial charge in [-0.1, -0.05) is 5.16 Å². The molecule has 2 aromatic rings. The first-order valence-electron chi connectivity index (χ1n) is 7.74. The summed E-state index contributed by atoms with van der Waals surface area (Å²) in [7, 11) is 0. The molecule has 122 valence electrons. The van der Waals surface area contributed by atoms with Crippen LogP contribution in [0.2, 0.25) is 0 Å². The molecule has 2 aromatic heterocycles. The Balaban J connectivity index is 1.36. The zero-order valence-electron chi connectivity index (χ0n) is 13.1. The molecule has 2 aliphatic heterocycles. The third kappa shape index (κ3) is 2.63. The van der Waals surface area contributed by atoms with Gasteiger partial charge in [-0.05, 0) is 20.3 Å². The molecule has 2 aliphatic rings. The van der Waals surface area contributed by atoms with Crippen LogP contribution >= 0.6 is 0 Å². The number of carbonyl (C=O) groups is 1. The van der Waals surface area contributed by atoms with Gasteiger partial charge < -0.3 is 18.6 Å². The SMILES string of the molecule is Cc1noc(C[C@H]2C[C@H]3CN(C(=O)c4ocnc4C)C[C@H]3O2)n1. The van der Waals surface area contributed by atoms with Crippen molar-refractivity contribution in [3.05, 3.63) is 29.6 Å². The van der Waals surface area contributed by atoms with E-state index in [1.165, 1.54) is 6.39 Å². The van der Waals surface area contributed by atoms with Crippen LogP contribution in [0.15, 0.2) is 15.3 Å². The number of carbonyl (C=O) groups excluding carboxylic acids is 1. The quantitative estimate of drug-likeness (QED) is 0.837. The standard InChI is InChI=1S/C15H18N4O4/c1-8-14(21-7-16-8)15(20)19-5-10-3-11(22-12(10)6-19)4-13-17-9(2)18-23-13/h7,10-12H,3-6H2,1-2H3/t10-,11+,12+/m0/s1. The van der Waals surface area contributed by atoms with Crippen LogP contribution in [0.4, 0.5) is 0 Å². The maximum atomic E-state index is 12.4. The lowest BCUT2D eigenvalue weighted by Crippen LogP contribution is -2.31. The predicted octanol–water partition coefficient (Wildman–Crippen LogP) is 1.15. The van der Waals surface area contributed by atoms with Crippen LogP contribution in [0.25, 0.3) is 0 Å². The number of rotatable bonds is 3. The van der Waals surface area contributed by atoms with Gasteiger partial charge in [-0.25, -0.2) is 4.98 Å². The van der Waals surface area contributed by atoms with Crippen LogP contribution in [-0.2, 0) is 11.2 Å². The van der Waals surface area contributed by atoms with Crippen molar-refractivity contribution in [1.82, 2.24) is 20.0 Å². The number of oxazole rings is 1. The Kier molecular flexibility index (Phi) is 3.41. The van der Waals surface area contributed by atoms with Crippen molar-refractivity contribution in [3.8, 4) is 0 Å². The lowest BCUT2D eigenvalue weighted by atomic mass is 10.0. The maximum Gasteiger partial charge on any atom is 0.291 e. The summed E-state index contributed by atoms with van der Waals surface area (Å²) in [5.41, 5.74) is 0.623. The number of hydrogen-bond donors (Lipinski definition) is 0. The number of fused-ring (bicyclic) bond motifs is 1. The Hall–Kier alpha value is -2.22. The lowest BCUT2D eigenvalue weighted by Gasteiger charge is -2.18. The zero-order chi connectivity index (χ0) is 16.0. The Labute approximate surface area is 132 Å². The highest BCUT2D eigenvalue weighted by atomic mass is 16.5. The lowest BCUT2D eigenvalue weighted by molar-refractivity contribution is 0.0324. The van der Waals surface area contributed by atoms with Gasteiger partial charge >= 0.3 is 0 Å². The third-order valence-electron chi connectivity index (χ3n) is 4.51. The van der Waals surface area contributed by atoms with Gasteiger partial charge in [0, 0.05) is 19.0 Å². The van der Waals surface area contributed by atoms with E-state index < -0.39 is 0 Å². The molecule has 8 nitrogen and oxygen atoms in total. The first kappa shape index (κ1) is 14.4. The minimum Gasteiger partial charge on any atom is -0.438 e. The minimum atomic E-state index is -0.109. The number of hydrogen-bond acceptors (Lipinski definition) is 7. The number of nitrogens with zero attached hydrogens (tertiary/aromatic N) is 4. The average Bonchev–Trinajstić information content (AvgIpc) is 3.23. The summed E-state index contributed by atoms with van der Waals surface area (Å²) < 4.78 is 16.4. The zero-order valence-corrected chi connectivity index (χ0v) is 13.1. The Morgan fingerprint density at radius 2 is 2.26 bits per heavy atom. The molecule has 4 rings (SSSR count). The number of aromatic nitrogens is 3. The first-order valence-corrected chi connectivity index (χ1v) is 7.74. The van der Waals surface area contributed by atoms with Crippen molar-refractivity contribution < 1.29 is 18.5 Å². The molecule has 0 spiro atoms. The van der Waals surface area contributed by atoms with Crippen molar-refractivity contribution in [1.29, 1.82) is 0 Å². The van der Waals surface area contributed by atoms with Crippen molar-refractivity contribution >= 4 is 5.91 Å². The summed E-state index contributed by atoms with van der Waals surface area (Å²) in [6, 6.07) is 0. The van der Waals surface area contributed by atoms with Crippen LogP contribution in [0.3, 0.4) is 0 Å². The molecule has 0 aromatic carbocycles. The molecule has 2 fully saturated rings. The number of ether oxygens (including phenoxy) is 1. The monoisotopic (exact) mass is 318 g/mol. The fraction of sp³-hybridized carbons (Fsp3) is 0.600. The average molecular weight is 318 g/mol. The van der Waals surface area contributed by atoms with Crippen molar-refractivity contribution in [3.63, 3.8) is 0 Å². The summed E-state index contributed by atoms with van der Waals surface area (Å²) in [6.45, 7) is 4.84. The second-order valence-electron chi connectivity index (χ2n) is 6.21. The van der Waals surface area contributed by atoms with Gasteiger partial charge in [0.05, 0.1) is 24.3 Å². The van der Waals surface area contributed by atoms with Gasteiger partial charge in [-0.15, -0.1) is 0 Å². The molecule has 8 heteroatoms. The smallest absolute Gasteiger partial charge is 0.291 e. The van der Waals surface area contributed by atoms with Crippen LogP contribution in [0, 0.1) is 19.8 Å². The van der Waals surface area contributed by atoms with E-state index in [4.69, 9.17) is 13.7 Å². The van der Waals surface area contributed by atoms with E-state index in [0.717, 1.165) is 6.42 Å². The van der Waals surface area contributed by atoms with Gasteiger partial charge in [0.15, 0.2) is 12.2 Å². The third-order valence-corrected chi connectivity index (χ3v) is 4.51. The molecule has 0 N–H and O–H groups in total. The van der Waals surface area contributed by atoms with E-state index in [-0.39, 0.29) is 18.1 Å². The fourth-order valence-corrected chi connectivity index (χ4v) is 3.43. The topological polar surface area (TPSA) is 94.5 Å². The number of aryl methyl sites for hydroxylation is 2. The van der Waals surface area contributed by atoms with E-state index >= 15 is 0 Å². The van der Waals surface area contributed by atoms with E-state index in [0.29, 0.717) is 48.6 Å². The van der Waals surface area contributed by atoms with Gasteiger partial charge in [0.1, 0.15) is 0 Å². The summed E-state index contributed by atoms with van der Waals surface area (Å²) in [4.78, 5) is 22.4. The summed E-state index contributed by atoms with van der Waals surface area (Å²) in [5.74, 6) is 1.80. The molecule has 0 radical (unpaired) electrons. The Bertz CT molecular complexity index is 711. The highest BCUT2D eigenvalue weighted by molar-refractivity contribution is 5.92. The van der Waals surface area contributed by atoms with E-state index in [9.17, 15) is 4.79 Å². The maximum absolute atomic E-state index is 12.4. The number of amides is 1. The van der Waals surface area contributed by atoms with Gasteiger partial charge in [0.2, 0.25) is 11.7 Å². The molecule has 3 atom stereocenters. The predicted molar refractivity (Wildman–Crippen MR) is 76.7 cm³/mol. The molecule has 0 bridgehead atoms. The second-order valence-corrected chi connectivity index (χ2v) is 6.21. The first-order chi connectivity index (χ1) is 11.1. The molecule has 2 saturated heterocycles. The Morgan fingerprint density at radius 3 is 2.91 bits per heavy atom. The normalized spacial score (nSPS) is 26.7. The molecular formula is C15H18N4O4. The van der Waals surface area contributed by atoms with E-state index in [1.807, 2.05) is 0 Å². The van der Waals surface area contributed by atoms with Crippen LogP contribution in [-0.4, -0.2) is 51.2 Å². The fourth-order valence-electron chi connectivity index (χ4n) is 3.43. The van der Waals surface area contributed by atoms with Gasteiger partial charge in [0.25, 0.3) is 5.91 Å². The van der Waals surface area contributed by atoms with E-state index in [1.54, 1.807) is 18.7 Å².